The Labute approximate surface area is 110 Å². The molecular formula is C13H15N3OS. The molecule has 0 radical (unpaired) electrons. The van der Waals surface area contributed by atoms with Gasteiger partial charge in [-0.05, 0) is 25.5 Å². The van der Waals surface area contributed by atoms with E-state index in [1.165, 1.54) is 0 Å². The van der Waals surface area contributed by atoms with E-state index in [0.717, 1.165) is 34.1 Å². The Morgan fingerprint density at radius 2 is 2.39 bits per heavy atom. The summed E-state index contributed by atoms with van der Waals surface area (Å²) < 4.78 is 5.45. The third-order valence-electron chi connectivity index (χ3n) is 2.41. The van der Waals surface area contributed by atoms with Crippen LogP contribution in [0, 0.1) is 11.3 Å². The van der Waals surface area contributed by atoms with Crippen molar-refractivity contribution < 1.29 is 4.74 Å². The Kier molecular flexibility index (Phi) is 4.48. The van der Waals surface area contributed by atoms with Gasteiger partial charge in [-0.25, -0.2) is 4.98 Å². The molecule has 1 aromatic heterocycles. The molecule has 2 rings (SSSR count). The van der Waals surface area contributed by atoms with Crippen molar-refractivity contribution in [2.75, 3.05) is 12.4 Å². The number of nitrogens with zero attached hydrogens (tertiary/aromatic N) is 2. The SMILES string of the molecule is CCOc1ccc2nc(SCCCC#N)[nH]c2c1. The van der Waals surface area contributed by atoms with E-state index < -0.39 is 0 Å². The quantitative estimate of drug-likeness (QED) is 0.639. The number of aromatic amines is 1. The largest absolute Gasteiger partial charge is 0.494 e. The van der Waals surface area contributed by atoms with Crippen molar-refractivity contribution in [3.8, 4) is 11.8 Å². The van der Waals surface area contributed by atoms with Gasteiger partial charge in [0, 0.05) is 18.2 Å². The molecule has 0 saturated heterocycles. The van der Waals surface area contributed by atoms with Crippen LogP contribution in [0.2, 0.25) is 0 Å². The van der Waals surface area contributed by atoms with Gasteiger partial charge in [0.1, 0.15) is 5.75 Å². The van der Waals surface area contributed by atoms with Gasteiger partial charge in [-0.15, -0.1) is 0 Å². The summed E-state index contributed by atoms with van der Waals surface area (Å²) >= 11 is 1.65. The van der Waals surface area contributed by atoms with Gasteiger partial charge in [0.25, 0.3) is 0 Å². The van der Waals surface area contributed by atoms with E-state index in [9.17, 15) is 0 Å². The van der Waals surface area contributed by atoms with Crippen LogP contribution in [0.1, 0.15) is 19.8 Å². The lowest BCUT2D eigenvalue weighted by Crippen LogP contribution is -1.90. The molecule has 0 unspecified atom stereocenters. The molecule has 0 bridgehead atoms. The zero-order valence-corrected chi connectivity index (χ0v) is 11.1. The van der Waals surface area contributed by atoms with E-state index in [-0.39, 0.29) is 0 Å². The van der Waals surface area contributed by atoms with Crippen molar-refractivity contribution in [3.63, 3.8) is 0 Å². The van der Waals surface area contributed by atoms with E-state index in [1.807, 2.05) is 25.1 Å². The molecule has 0 fully saturated rings. The third-order valence-corrected chi connectivity index (χ3v) is 3.37. The zero-order valence-electron chi connectivity index (χ0n) is 10.3. The number of aromatic nitrogens is 2. The number of imidazole rings is 1. The fraction of sp³-hybridized carbons (Fsp3) is 0.385. The Morgan fingerprint density at radius 3 is 3.17 bits per heavy atom. The van der Waals surface area contributed by atoms with E-state index >= 15 is 0 Å². The summed E-state index contributed by atoms with van der Waals surface area (Å²) in [6.45, 7) is 2.63. The second-order valence-electron chi connectivity index (χ2n) is 3.76. The molecule has 18 heavy (non-hydrogen) atoms. The molecule has 0 atom stereocenters. The second kappa shape index (κ2) is 6.31. The number of H-pyrrole nitrogens is 1. The standard InChI is InChI=1S/C13H15N3OS/c1-2-17-10-5-6-11-12(9-10)16-13(15-11)18-8-4-3-7-14/h5-6,9H,2-4,8H2,1H3,(H,15,16). The highest BCUT2D eigenvalue weighted by Gasteiger charge is 2.04. The summed E-state index contributed by atoms with van der Waals surface area (Å²) in [7, 11) is 0. The molecule has 94 valence electrons. The van der Waals surface area contributed by atoms with Gasteiger partial charge in [-0.2, -0.15) is 5.26 Å². The molecule has 0 aliphatic heterocycles. The smallest absolute Gasteiger partial charge is 0.166 e. The lowest BCUT2D eigenvalue weighted by atomic mass is 10.3. The first-order valence-electron chi connectivity index (χ1n) is 5.96. The van der Waals surface area contributed by atoms with Crippen LogP contribution < -0.4 is 4.74 Å². The highest BCUT2D eigenvalue weighted by molar-refractivity contribution is 7.99. The highest BCUT2D eigenvalue weighted by atomic mass is 32.2. The molecule has 1 N–H and O–H groups in total. The minimum atomic E-state index is 0.599. The van der Waals surface area contributed by atoms with Crippen molar-refractivity contribution in [1.29, 1.82) is 5.26 Å². The summed E-state index contributed by atoms with van der Waals surface area (Å²) in [6.07, 6.45) is 1.49. The first-order valence-corrected chi connectivity index (χ1v) is 6.94. The average molecular weight is 261 g/mol. The first kappa shape index (κ1) is 12.8. The van der Waals surface area contributed by atoms with Crippen LogP contribution in [0.4, 0.5) is 0 Å². The second-order valence-corrected chi connectivity index (χ2v) is 4.85. The minimum Gasteiger partial charge on any atom is -0.494 e. The summed E-state index contributed by atoms with van der Waals surface area (Å²) in [5, 5.41) is 9.36. The molecule has 0 saturated carbocycles. The van der Waals surface area contributed by atoms with Crippen molar-refractivity contribution in [2.24, 2.45) is 0 Å². The van der Waals surface area contributed by atoms with Crippen molar-refractivity contribution in [3.05, 3.63) is 18.2 Å². The number of ether oxygens (including phenoxy) is 1. The Morgan fingerprint density at radius 1 is 1.50 bits per heavy atom. The fourth-order valence-corrected chi connectivity index (χ4v) is 2.44. The van der Waals surface area contributed by atoms with Gasteiger partial charge < -0.3 is 9.72 Å². The maximum atomic E-state index is 8.46. The fourth-order valence-electron chi connectivity index (χ4n) is 1.61. The monoisotopic (exact) mass is 261 g/mol. The Bertz CT molecular complexity index is 559. The minimum absolute atomic E-state index is 0.599. The van der Waals surface area contributed by atoms with Gasteiger partial charge in [0.2, 0.25) is 0 Å². The van der Waals surface area contributed by atoms with Crippen LogP contribution in [0.5, 0.6) is 5.75 Å². The molecule has 0 aliphatic rings. The van der Waals surface area contributed by atoms with Gasteiger partial charge in [-0.3, -0.25) is 0 Å². The van der Waals surface area contributed by atoms with Gasteiger partial charge >= 0.3 is 0 Å². The van der Waals surface area contributed by atoms with Crippen LogP contribution in [-0.2, 0) is 0 Å². The molecule has 0 amide bonds. The van der Waals surface area contributed by atoms with Crippen LogP contribution in [0.15, 0.2) is 23.4 Å². The number of hydrogen-bond acceptors (Lipinski definition) is 4. The first-order chi connectivity index (χ1) is 8.83. The lowest BCUT2D eigenvalue weighted by Gasteiger charge is -2.00. The highest BCUT2D eigenvalue weighted by Crippen LogP contribution is 2.23. The molecule has 0 aliphatic carbocycles. The number of benzene rings is 1. The molecule has 2 aromatic rings. The lowest BCUT2D eigenvalue weighted by molar-refractivity contribution is 0.340. The Hall–Kier alpha value is -1.67. The summed E-state index contributed by atoms with van der Waals surface area (Å²) in [6, 6.07) is 7.99. The van der Waals surface area contributed by atoms with E-state index in [4.69, 9.17) is 10.00 Å². The average Bonchev–Trinajstić information content (AvgIpc) is 2.77. The number of nitriles is 1. The summed E-state index contributed by atoms with van der Waals surface area (Å²) in [5.41, 5.74) is 1.94. The van der Waals surface area contributed by atoms with Crippen LogP contribution in [-0.4, -0.2) is 22.3 Å². The number of hydrogen-bond donors (Lipinski definition) is 1. The number of fused-ring (bicyclic) bond motifs is 1. The maximum absolute atomic E-state index is 8.46. The maximum Gasteiger partial charge on any atom is 0.166 e. The number of rotatable bonds is 6. The summed E-state index contributed by atoms with van der Waals surface area (Å²) in [4.78, 5) is 7.74. The van der Waals surface area contributed by atoms with Crippen molar-refractivity contribution in [2.45, 2.75) is 24.9 Å². The molecule has 0 spiro atoms. The van der Waals surface area contributed by atoms with Gasteiger partial charge in [0.05, 0.1) is 23.7 Å². The van der Waals surface area contributed by atoms with E-state index in [0.29, 0.717) is 13.0 Å². The van der Waals surface area contributed by atoms with Gasteiger partial charge in [0.15, 0.2) is 5.16 Å². The van der Waals surface area contributed by atoms with Crippen molar-refractivity contribution >= 4 is 22.8 Å². The number of unbranched alkanes of at least 4 members (excludes halogenated alkanes) is 1. The Balaban J connectivity index is 2.05. The molecular weight excluding hydrogens is 246 g/mol. The van der Waals surface area contributed by atoms with Crippen LogP contribution in [0.25, 0.3) is 11.0 Å². The summed E-state index contributed by atoms with van der Waals surface area (Å²) in [5.74, 6) is 1.76. The molecule has 1 heterocycles. The predicted molar refractivity (Wildman–Crippen MR) is 72.8 cm³/mol. The number of thioether (sulfide) groups is 1. The van der Waals surface area contributed by atoms with Gasteiger partial charge in [-0.1, -0.05) is 11.8 Å². The van der Waals surface area contributed by atoms with Crippen molar-refractivity contribution in [1.82, 2.24) is 9.97 Å². The van der Waals surface area contributed by atoms with Crippen LogP contribution >= 0.6 is 11.8 Å². The normalized spacial score (nSPS) is 10.4. The molecule has 4 nitrogen and oxygen atoms in total. The third kappa shape index (κ3) is 3.17. The molecule has 1 aromatic carbocycles. The topological polar surface area (TPSA) is 61.7 Å². The van der Waals surface area contributed by atoms with Crippen LogP contribution in [0.3, 0.4) is 0 Å². The molecule has 5 heteroatoms. The number of nitrogens with one attached hydrogen (secondary N) is 1. The van der Waals surface area contributed by atoms with E-state index in [2.05, 4.69) is 16.0 Å². The predicted octanol–water partition coefficient (Wildman–Crippen LogP) is 3.36. The van der Waals surface area contributed by atoms with E-state index in [1.54, 1.807) is 11.8 Å². The zero-order chi connectivity index (χ0) is 12.8.